The predicted molar refractivity (Wildman–Crippen MR) is 213 cm³/mol. The van der Waals surface area contributed by atoms with Crippen molar-refractivity contribution in [2.45, 2.75) is 0 Å². The molecule has 0 fully saturated rings. The van der Waals surface area contributed by atoms with E-state index in [9.17, 15) is 0 Å². The summed E-state index contributed by atoms with van der Waals surface area (Å²) in [6, 6.07) is 63.5. The molecule has 0 radical (unpaired) electrons. The first-order valence-corrected chi connectivity index (χ1v) is 17.4. The molecule has 51 heavy (non-hydrogen) atoms. The Morgan fingerprint density at radius 2 is 0.784 bits per heavy atom. The number of benzene rings is 7. The number of rotatable bonds is 4. The molecule has 238 valence electrons. The van der Waals surface area contributed by atoms with Gasteiger partial charge >= 0.3 is 0 Å². The van der Waals surface area contributed by atoms with E-state index in [1.807, 2.05) is 12.3 Å². The highest BCUT2D eigenvalue weighted by molar-refractivity contribution is 6.19. The third kappa shape index (κ3) is 4.11. The normalized spacial score (nSPS) is 11.9. The van der Waals surface area contributed by atoms with Crippen molar-refractivity contribution in [3.8, 4) is 28.2 Å². The minimum absolute atomic E-state index is 0.962. The lowest BCUT2D eigenvalue weighted by molar-refractivity contribution is 1.13. The van der Waals surface area contributed by atoms with Crippen LogP contribution in [0.25, 0.3) is 93.7 Å². The quantitative estimate of drug-likeness (QED) is 0.186. The van der Waals surface area contributed by atoms with Crippen molar-refractivity contribution in [3.63, 3.8) is 0 Å². The summed E-state index contributed by atoms with van der Waals surface area (Å²) in [6.45, 7) is 0. The first-order chi connectivity index (χ1) is 25.3. The summed E-state index contributed by atoms with van der Waals surface area (Å²) in [5.41, 5.74) is 12.7. The summed E-state index contributed by atoms with van der Waals surface area (Å²) < 4.78 is 7.12. The molecular formula is C47H30N4. The summed E-state index contributed by atoms with van der Waals surface area (Å²) >= 11 is 0. The van der Waals surface area contributed by atoms with Gasteiger partial charge in [-0.2, -0.15) is 0 Å². The fraction of sp³-hybridized carbons (Fsp3) is 0. The average molecular weight is 651 g/mol. The van der Waals surface area contributed by atoms with Crippen LogP contribution >= 0.6 is 0 Å². The van der Waals surface area contributed by atoms with E-state index in [0.29, 0.717) is 0 Å². The first-order valence-electron chi connectivity index (χ1n) is 17.4. The van der Waals surface area contributed by atoms with E-state index in [-0.39, 0.29) is 0 Å². The molecule has 0 amide bonds. The zero-order chi connectivity index (χ0) is 33.5. The van der Waals surface area contributed by atoms with E-state index in [0.717, 1.165) is 33.6 Å². The molecule has 4 nitrogen and oxygen atoms in total. The lowest BCUT2D eigenvalue weighted by atomic mass is 10.1. The molecule has 0 atom stereocenters. The van der Waals surface area contributed by atoms with Crippen LogP contribution in [0.4, 0.5) is 0 Å². The van der Waals surface area contributed by atoms with Crippen molar-refractivity contribution in [2.75, 3.05) is 0 Å². The minimum Gasteiger partial charge on any atom is -0.309 e. The first kappa shape index (κ1) is 28.0. The predicted octanol–water partition coefficient (Wildman–Crippen LogP) is 12.0. The molecular weight excluding hydrogens is 621 g/mol. The fourth-order valence-electron chi connectivity index (χ4n) is 8.23. The summed E-state index contributed by atoms with van der Waals surface area (Å²) in [6.07, 6.45) is 1.88. The van der Waals surface area contributed by atoms with Crippen LogP contribution in [0.15, 0.2) is 182 Å². The highest BCUT2D eigenvalue weighted by Gasteiger charge is 2.20. The molecule has 0 saturated carbocycles. The Morgan fingerprint density at radius 1 is 0.294 bits per heavy atom. The Morgan fingerprint density at radius 3 is 1.47 bits per heavy atom. The van der Waals surface area contributed by atoms with E-state index in [1.54, 1.807) is 0 Å². The van der Waals surface area contributed by atoms with Gasteiger partial charge in [0.25, 0.3) is 0 Å². The largest absolute Gasteiger partial charge is 0.309 e. The van der Waals surface area contributed by atoms with Gasteiger partial charge in [-0.1, -0.05) is 97.1 Å². The maximum atomic E-state index is 4.85. The summed E-state index contributed by atoms with van der Waals surface area (Å²) in [5.74, 6) is 0. The second-order valence-electron chi connectivity index (χ2n) is 13.3. The Kier molecular flexibility index (Phi) is 5.92. The zero-order valence-electron chi connectivity index (χ0n) is 27.6. The molecule has 0 aliphatic rings. The van der Waals surface area contributed by atoms with Gasteiger partial charge in [0.05, 0.1) is 27.6 Å². The number of aromatic nitrogens is 4. The van der Waals surface area contributed by atoms with Crippen molar-refractivity contribution >= 4 is 65.5 Å². The lowest BCUT2D eigenvalue weighted by Gasteiger charge is -2.11. The monoisotopic (exact) mass is 650 g/mol. The molecule has 0 aliphatic heterocycles. The average Bonchev–Trinajstić information content (AvgIpc) is 3.83. The summed E-state index contributed by atoms with van der Waals surface area (Å²) in [7, 11) is 0. The van der Waals surface area contributed by atoms with Gasteiger partial charge in [0.15, 0.2) is 0 Å². The molecule has 0 bridgehead atoms. The number of fused-ring (bicyclic) bond motifs is 9. The summed E-state index contributed by atoms with van der Waals surface area (Å²) in [4.78, 5) is 4.85. The number of nitrogens with zero attached hydrogens (tertiary/aromatic N) is 4. The van der Waals surface area contributed by atoms with Gasteiger partial charge in [0, 0.05) is 55.6 Å². The smallest absolute Gasteiger partial charge is 0.145 e. The van der Waals surface area contributed by atoms with E-state index in [2.05, 4.69) is 184 Å². The molecule has 4 heteroatoms. The topological polar surface area (TPSA) is 27.7 Å². The standard InChI is InChI=1S/C47H30N4/c1-3-12-31(13-4-1)32-21-23-34(24-22-32)49-42-19-9-7-16-36(42)40-30-46-41(29-45(40)49)37-17-8-10-20-43(37)50(46)35-25-26-44-39(28-35)38-18-11-27-48-47(38)51(44)33-14-5-2-6-15-33/h1-30H. The lowest BCUT2D eigenvalue weighted by Crippen LogP contribution is -1.96. The third-order valence-corrected chi connectivity index (χ3v) is 10.5. The Labute approximate surface area is 293 Å². The molecule has 4 heterocycles. The molecule has 4 aromatic heterocycles. The van der Waals surface area contributed by atoms with Crippen LogP contribution in [0.3, 0.4) is 0 Å². The molecule has 0 saturated heterocycles. The van der Waals surface area contributed by atoms with Crippen LogP contribution < -0.4 is 0 Å². The Hall–Kier alpha value is -6.91. The molecule has 0 spiro atoms. The van der Waals surface area contributed by atoms with Crippen molar-refractivity contribution < 1.29 is 0 Å². The van der Waals surface area contributed by atoms with Crippen molar-refractivity contribution in [1.29, 1.82) is 0 Å². The van der Waals surface area contributed by atoms with Gasteiger partial charge in [-0.15, -0.1) is 0 Å². The third-order valence-electron chi connectivity index (χ3n) is 10.5. The number of para-hydroxylation sites is 3. The molecule has 0 N–H and O–H groups in total. The van der Waals surface area contributed by atoms with Crippen LogP contribution in [0, 0.1) is 0 Å². The highest BCUT2D eigenvalue weighted by Crippen LogP contribution is 2.41. The Bertz CT molecular complexity index is 3110. The number of pyridine rings is 1. The highest BCUT2D eigenvalue weighted by atomic mass is 15.0. The summed E-state index contributed by atoms with van der Waals surface area (Å²) in [5, 5.41) is 7.27. The Balaban J connectivity index is 1.17. The van der Waals surface area contributed by atoms with Crippen molar-refractivity contribution in [2.24, 2.45) is 0 Å². The van der Waals surface area contributed by atoms with Gasteiger partial charge in [0.2, 0.25) is 0 Å². The molecule has 0 unspecified atom stereocenters. The van der Waals surface area contributed by atoms with Gasteiger partial charge in [-0.25, -0.2) is 4.98 Å². The molecule has 11 aromatic rings. The van der Waals surface area contributed by atoms with Crippen LogP contribution in [0.2, 0.25) is 0 Å². The van der Waals surface area contributed by atoms with Crippen LogP contribution in [0.5, 0.6) is 0 Å². The number of hydrogen-bond donors (Lipinski definition) is 0. The molecule has 11 rings (SSSR count). The van der Waals surface area contributed by atoms with E-state index >= 15 is 0 Å². The molecule has 7 aromatic carbocycles. The number of hydrogen-bond acceptors (Lipinski definition) is 1. The molecule has 0 aliphatic carbocycles. The maximum absolute atomic E-state index is 4.85. The second kappa shape index (κ2) is 10.8. The van der Waals surface area contributed by atoms with E-state index in [1.165, 1.54) is 60.1 Å². The van der Waals surface area contributed by atoms with Crippen LogP contribution in [-0.4, -0.2) is 18.7 Å². The van der Waals surface area contributed by atoms with Crippen LogP contribution in [-0.2, 0) is 0 Å². The van der Waals surface area contributed by atoms with Gasteiger partial charge in [-0.05, 0) is 90.0 Å². The maximum Gasteiger partial charge on any atom is 0.145 e. The zero-order valence-corrected chi connectivity index (χ0v) is 27.6. The second-order valence-corrected chi connectivity index (χ2v) is 13.3. The fourth-order valence-corrected chi connectivity index (χ4v) is 8.23. The van der Waals surface area contributed by atoms with E-state index < -0.39 is 0 Å². The van der Waals surface area contributed by atoms with Crippen molar-refractivity contribution in [1.82, 2.24) is 18.7 Å². The van der Waals surface area contributed by atoms with Crippen molar-refractivity contribution in [3.05, 3.63) is 182 Å². The van der Waals surface area contributed by atoms with E-state index in [4.69, 9.17) is 4.98 Å². The van der Waals surface area contributed by atoms with Gasteiger partial charge in [0.1, 0.15) is 5.65 Å². The van der Waals surface area contributed by atoms with Crippen LogP contribution in [0.1, 0.15) is 0 Å². The minimum atomic E-state index is 0.962. The SMILES string of the molecule is c1ccc(-c2ccc(-n3c4ccccc4c4cc5c(cc43)c3ccccc3n5-c3ccc4c(c3)c3cccnc3n4-c3ccccc3)cc2)cc1. The van der Waals surface area contributed by atoms with Gasteiger partial charge in [-0.3, -0.25) is 4.57 Å². The van der Waals surface area contributed by atoms with Gasteiger partial charge < -0.3 is 9.13 Å².